The normalized spacial score (nSPS) is 20.0. The van der Waals surface area contributed by atoms with E-state index in [1.807, 2.05) is 29.2 Å². The highest BCUT2D eigenvalue weighted by molar-refractivity contribution is 7.91. The van der Waals surface area contributed by atoms with Gasteiger partial charge in [-0.3, -0.25) is 9.69 Å². The van der Waals surface area contributed by atoms with Gasteiger partial charge in [0.25, 0.3) is 0 Å². The fraction of sp³-hybridized carbons (Fsp3) is 0.533. The molecule has 0 saturated carbocycles. The first-order valence-electron chi connectivity index (χ1n) is 7.20. The number of sulfone groups is 1. The number of benzene rings is 1. The van der Waals surface area contributed by atoms with Crippen LogP contribution in [-0.4, -0.2) is 57.5 Å². The number of nitrogens with one attached hydrogen (secondary N) is 1. The molecule has 0 spiro atoms. The number of ether oxygens (including phenoxy) is 1. The number of nitrogens with zero attached hydrogens (tertiary/aromatic N) is 1. The summed E-state index contributed by atoms with van der Waals surface area (Å²) >= 11 is 0. The molecule has 1 saturated heterocycles. The third-order valence-electron chi connectivity index (χ3n) is 3.89. The topological polar surface area (TPSA) is 75.7 Å². The molecule has 6 nitrogen and oxygen atoms in total. The van der Waals surface area contributed by atoms with E-state index in [9.17, 15) is 13.2 Å². The Kier molecular flexibility index (Phi) is 5.42. The summed E-state index contributed by atoms with van der Waals surface area (Å²) in [6, 6.07) is 7.43. The molecule has 1 aliphatic heterocycles. The van der Waals surface area contributed by atoms with Gasteiger partial charge in [-0.1, -0.05) is 18.2 Å². The Bertz CT molecular complexity index is 630. The molecule has 1 atom stereocenters. The van der Waals surface area contributed by atoms with Crippen molar-refractivity contribution in [3.8, 4) is 5.75 Å². The van der Waals surface area contributed by atoms with Crippen molar-refractivity contribution in [2.24, 2.45) is 0 Å². The molecule has 0 bridgehead atoms. The number of likely N-dealkylation sites (N-methyl/N-ethyl adjacent to an activating group) is 1. The Morgan fingerprint density at radius 2 is 2.14 bits per heavy atom. The molecule has 22 heavy (non-hydrogen) atoms. The molecule has 1 amide bonds. The summed E-state index contributed by atoms with van der Waals surface area (Å²) in [6.07, 6.45) is 0.596. The van der Waals surface area contributed by atoms with Gasteiger partial charge in [0.1, 0.15) is 5.75 Å². The van der Waals surface area contributed by atoms with Crippen LogP contribution < -0.4 is 10.1 Å². The first-order valence-corrected chi connectivity index (χ1v) is 9.02. The summed E-state index contributed by atoms with van der Waals surface area (Å²) in [4.78, 5) is 13.8. The van der Waals surface area contributed by atoms with Gasteiger partial charge in [-0.05, 0) is 19.5 Å². The molecule has 1 fully saturated rings. The van der Waals surface area contributed by atoms with Gasteiger partial charge in [0.15, 0.2) is 9.84 Å². The van der Waals surface area contributed by atoms with E-state index < -0.39 is 9.84 Å². The molecule has 1 heterocycles. The van der Waals surface area contributed by atoms with E-state index in [1.54, 1.807) is 14.2 Å². The van der Waals surface area contributed by atoms with Crippen molar-refractivity contribution < 1.29 is 17.9 Å². The van der Waals surface area contributed by atoms with Crippen LogP contribution in [0.4, 0.5) is 0 Å². The van der Waals surface area contributed by atoms with Gasteiger partial charge >= 0.3 is 0 Å². The van der Waals surface area contributed by atoms with E-state index in [0.29, 0.717) is 13.0 Å². The minimum atomic E-state index is -2.93. The van der Waals surface area contributed by atoms with Crippen molar-refractivity contribution in [2.45, 2.75) is 19.0 Å². The zero-order chi connectivity index (χ0) is 16.2. The van der Waals surface area contributed by atoms with Gasteiger partial charge in [-0.15, -0.1) is 0 Å². The summed E-state index contributed by atoms with van der Waals surface area (Å²) in [5, 5.41) is 2.84. The summed E-state index contributed by atoms with van der Waals surface area (Å²) < 4.78 is 28.2. The first kappa shape index (κ1) is 16.8. The molecule has 0 aromatic heterocycles. The predicted octanol–water partition coefficient (Wildman–Crippen LogP) is 0.430. The molecular formula is C15H22N2O4S. The van der Waals surface area contributed by atoms with E-state index in [4.69, 9.17) is 4.74 Å². The largest absolute Gasteiger partial charge is 0.496 e. The smallest absolute Gasteiger partial charge is 0.234 e. The third kappa shape index (κ3) is 4.45. The van der Waals surface area contributed by atoms with Crippen LogP contribution in [0.5, 0.6) is 5.75 Å². The fourth-order valence-electron chi connectivity index (χ4n) is 2.58. The minimum Gasteiger partial charge on any atom is -0.496 e. The van der Waals surface area contributed by atoms with Gasteiger partial charge in [0.2, 0.25) is 5.91 Å². The molecule has 0 aliphatic carbocycles. The molecule has 1 unspecified atom stereocenters. The number of carbonyl (C=O) groups excluding carboxylic acids is 1. The van der Waals surface area contributed by atoms with E-state index >= 15 is 0 Å². The molecule has 1 aliphatic rings. The molecule has 2 rings (SSSR count). The quantitative estimate of drug-likeness (QED) is 0.820. The fourth-order valence-corrected chi connectivity index (χ4v) is 4.38. The maximum absolute atomic E-state index is 12.0. The van der Waals surface area contributed by atoms with Crippen molar-refractivity contribution in [2.75, 3.05) is 32.2 Å². The number of amides is 1. The van der Waals surface area contributed by atoms with Crippen LogP contribution in [-0.2, 0) is 21.2 Å². The average molecular weight is 326 g/mol. The van der Waals surface area contributed by atoms with Gasteiger partial charge in [-0.2, -0.15) is 0 Å². The van der Waals surface area contributed by atoms with Crippen molar-refractivity contribution in [3.05, 3.63) is 29.8 Å². The molecule has 122 valence electrons. The van der Waals surface area contributed by atoms with E-state index in [0.717, 1.165) is 11.3 Å². The molecule has 1 aromatic carbocycles. The van der Waals surface area contributed by atoms with Crippen molar-refractivity contribution in [1.82, 2.24) is 10.2 Å². The second kappa shape index (κ2) is 7.11. The number of rotatable bonds is 6. The number of hydrogen-bond acceptors (Lipinski definition) is 5. The lowest BCUT2D eigenvalue weighted by atomic mass is 10.2. The summed E-state index contributed by atoms with van der Waals surface area (Å²) in [7, 11) is 0.448. The van der Waals surface area contributed by atoms with Crippen LogP contribution in [0.1, 0.15) is 12.0 Å². The second-order valence-corrected chi connectivity index (χ2v) is 7.79. The lowest BCUT2D eigenvalue weighted by Crippen LogP contribution is -2.41. The molecular weight excluding hydrogens is 304 g/mol. The molecule has 7 heteroatoms. The van der Waals surface area contributed by atoms with Crippen LogP contribution in [0.3, 0.4) is 0 Å². The predicted molar refractivity (Wildman–Crippen MR) is 84.5 cm³/mol. The standard InChI is InChI=1S/C15H22N2O4S/c1-17(13-7-8-22(19,20)11-13)10-15(18)16-9-12-5-3-4-6-14(12)21-2/h3-6,13H,7-11H2,1-2H3,(H,16,18). The SMILES string of the molecule is COc1ccccc1CNC(=O)CN(C)C1CCS(=O)(=O)C1. The Balaban J connectivity index is 1.83. The molecule has 0 radical (unpaired) electrons. The zero-order valence-electron chi connectivity index (χ0n) is 12.9. The van der Waals surface area contributed by atoms with Crippen LogP contribution in [0, 0.1) is 0 Å². The zero-order valence-corrected chi connectivity index (χ0v) is 13.7. The Hall–Kier alpha value is -1.60. The lowest BCUT2D eigenvalue weighted by Gasteiger charge is -2.22. The van der Waals surface area contributed by atoms with Crippen molar-refractivity contribution in [3.63, 3.8) is 0 Å². The number of methoxy groups -OCH3 is 1. The summed E-state index contributed by atoms with van der Waals surface area (Å²) in [5.41, 5.74) is 0.907. The van der Waals surface area contributed by atoms with Gasteiger partial charge < -0.3 is 10.1 Å². The summed E-state index contributed by atoms with van der Waals surface area (Å²) in [5.74, 6) is 0.962. The Labute approximate surface area is 131 Å². The maximum Gasteiger partial charge on any atom is 0.234 e. The number of carbonyl (C=O) groups is 1. The minimum absolute atomic E-state index is 0.0676. The summed E-state index contributed by atoms with van der Waals surface area (Å²) in [6.45, 7) is 0.578. The number of para-hydroxylation sites is 1. The molecule has 1 aromatic rings. The average Bonchev–Trinajstić information content (AvgIpc) is 2.85. The monoisotopic (exact) mass is 326 g/mol. The van der Waals surface area contributed by atoms with Crippen LogP contribution in [0.15, 0.2) is 24.3 Å². The van der Waals surface area contributed by atoms with Crippen molar-refractivity contribution >= 4 is 15.7 Å². The maximum atomic E-state index is 12.0. The van der Waals surface area contributed by atoms with E-state index in [-0.39, 0.29) is 30.0 Å². The first-order chi connectivity index (χ1) is 10.4. The number of hydrogen-bond donors (Lipinski definition) is 1. The third-order valence-corrected chi connectivity index (χ3v) is 5.64. The Morgan fingerprint density at radius 3 is 2.77 bits per heavy atom. The van der Waals surface area contributed by atoms with Crippen molar-refractivity contribution in [1.29, 1.82) is 0 Å². The van der Waals surface area contributed by atoms with E-state index in [2.05, 4.69) is 5.32 Å². The van der Waals surface area contributed by atoms with Crippen LogP contribution in [0.25, 0.3) is 0 Å². The highest BCUT2D eigenvalue weighted by Crippen LogP contribution is 2.17. The lowest BCUT2D eigenvalue weighted by molar-refractivity contribution is -0.122. The second-order valence-electron chi connectivity index (χ2n) is 5.56. The molecule has 1 N–H and O–H groups in total. The van der Waals surface area contributed by atoms with Gasteiger partial charge in [0, 0.05) is 18.2 Å². The highest BCUT2D eigenvalue weighted by atomic mass is 32.2. The van der Waals surface area contributed by atoms with E-state index in [1.165, 1.54) is 0 Å². The Morgan fingerprint density at radius 1 is 1.41 bits per heavy atom. The van der Waals surface area contributed by atoms with Crippen LogP contribution in [0.2, 0.25) is 0 Å². The van der Waals surface area contributed by atoms with Crippen LogP contribution >= 0.6 is 0 Å². The highest BCUT2D eigenvalue weighted by Gasteiger charge is 2.31. The van der Waals surface area contributed by atoms with Gasteiger partial charge in [-0.25, -0.2) is 8.42 Å². The van der Waals surface area contributed by atoms with Gasteiger partial charge in [0.05, 0.1) is 25.2 Å².